The van der Waals surface area contributed by atoms with Crippen molar-refractivity contribution < 1.29 is 27.4 Å². The Balaban J connectivity index is 0.00000139. The number of ether oxygens (including phenoxy) is 2. The number of hydrogen-bond acceptors (Lipinski definition) is 6. The van der Waals surface area contributed by atoms with Crippen LogP contribution in [0.4, 0.5) is 18.9 Å². The van der Waals surface area contributed by atoms with Crippen molar-refractivity contribution >= 4 is 34.1 Å². The van der Waals surface area contributed by atoms with E-state index in [-0.39, 0.29) is 29.0 Å². The number of fused-ring (bicyclic) bond motifs is 4. The number of nitrogens with zero attached hydrogens (tertiary/aromatic N) is 4. The van der Waals surface area contributed by atoms with E-state index < -0.39 is 18.6 Å². The highest BCUT2D eigenvalue weighted by Gasteiger charge is 2.31. The topological polar surface area (TPSA) is 85.6 Å². The maximum Gasteiger partial charge on any atom is 0.406 e. The van der Waals surface area contributed by atoms with Gasteiger partial charge in [-0.15, -0.1) is 0 Å². The summed E-state index contributed by atoms with van der Waals surface area (Å²) >= 11 is 6.16. The molecular formula is C33H46ClF3N6O3. The lowest BCUT2D eigenvalue weighted by atomic mass is 9.89. The molecule has 13 heteroatoms. The monoisotopic (exact) mass is 666 g/mol. The first-order valence-corrected chi connectivity index (χ1v) is 16.4. The zero-order valence-electron chi connectivity index (χ0n) is 27.3. The van der Waals surface area contributed by atoms with E-state index in [9.17, 15) is 18.0 Å². The molecule has 2 aliphatic rings. The van der Waals surface area contributed by atoms with Crippen molar-refractivity contribution in [2.24, 2.45) is 5.92 Å². The standard InChI is InChI=1S/C29H34ClF3N6O3.2C2H6/c1-37-10-7-24-20(17-37)8-12-41-14-15-42-13-11-38-18-23(27(30)36-38)28(40)34-9-3-4-21-16-22-25(35-24)5-2-6-26(22)39(21)19-29(31,32)33;2*1-2/h2,5-6,16,18,20,24,35H,7-15,17,19H2,1H3,(H,34,40);2*1-2H3. The molecule has 4 heterocycles. The second-order valence-corrected chi connectivity index (χ2v) is 11.0. The molecule has 1 amide bonds. The van der Waals surface area contributed by atoms with Crippen LogP contribution in [0.5, 0.6) is 0 Å². The van der Waals surface area contributed by atoms with Crippen molar-refractivity contribution in [3.05, 3.63) is 46.9 Å². The van der Waals surface area contributed by atoms with Crippen LogP contribution in [0, 0.1) is 17.8 Å². The summed E-state index contributed by atoms with van der Waals surface area (Å²) in [6.07, 6.45) is -1.19. The van der Waals surface area contributed by atoms with Crippen molar-refractivity contribution in [2.75, 3.05) is 58.4 Å². The minimum absolute atomic E-state index is 0.0373. The van der Waals surface area contributed by atoms with E-state index >= 15 is 0 Å². The fourth-order valence-corrected chi connectivity index (χ4v) is 5.73. The van der Waals surface area contributed by atoms with Gasteiger partial charge in [0.05, 0.1) is 49.7 Å². The molecular weight excluding hydrogens is 621 g/mol. The molecule has 2 aliphatic heterocycles. The molecule has 2 aromatic heterocycles. The van der Waals surface area contributed by atoms with E-state index in [0.29, 0.717) is 49.8 Å². The number of rotatable bonds is 1. The fraction of sp³-hybridized carbons (Fsp3) is 0.576. The van der Waals surface area contributed by atoms with Gasteiger partial charge in [0.2, 0.25) is 0 Å². The van der Waals surface area contributed by atoms with Crippen LogP contribution in [-0.4, -0.2) is 90.5 Å². The van der Waals surface area contributed by atoms with E-state index in [0.717, 1.165) is 31.6 Å². The molecule has 254 valence electrons. The number of alkyl halides is 3. The number of amides is 1. The highest BCUT2D eigenvalue weighted by Crippen LogP contribution is 2.32. The van der Waals surface area contributed by atoms with Crippen LogP contribution in [0.25, 0.3) is 10.9 Å². The van der Waals surface area contributed by atoms with Crippen LogP contribution in [0.15, 0.2) is 30.5 Å². The molecule has 0 radical (unpaired) electrons. The van der Waals surface area contributed by atoms with Crippen LogP contribution in [-0.2, 0) is 22.6 Å². The third-order valence-corrected chi connectivity index (χ3v) is 7.83. The summed E-state index contributed by atoms with van der Waals surface area (Å²) in [4.78, 5) is 15.0. The van der Waals surface area contributed by atoms with Gasteiger partial charge in [0.1, 0.15) is 6.54 Å². The quantitative estimate of drug-likeness (QED) is 0.308. The van der Waals surface area contributed by atoms with Gasteiger partial charge >= 0.3 is 6.18 Å². The number of likely N-dealkylation sites (tertiary alicyclic amines) is 1. The molecule has 2 N–H and O–H groups in total. The molecule has 0 aliphatic carbocycles. The SMILES string of the molecule is CC.CC.CN1CCC2Nc3cccc4c3cc(n4CC(F)(F)F)C#CCNC(=O)c3cn(nc3Cl)CCOCCOCCC2C1. The predicted molar refractivity (Wildman–Crippen MR) is 176 cm³/mol. The van der Waals surface area contributed by atoms with Crippen molar-refractivity contribution in [1.29, 1.82) is 0 Å². The molecule has 1 fully saturated rings. The summed E-state index contributed by atoms with van der Waals surface area (Å²) in [7, 11) is 2.09. The number of anilines is 1. The molecule has 0 saturated carbocycles. The lowest BCUT2D eigenvalue weighted by Gasteiger charge is -2.38. The van der Waals surface area contributed by atoms with Gasteiger partial charge in [-0.25, -0.2) is 0 Å². The van der Waals surface area contributed by atoms with Crippen LogP contribution >= 0.6 is 11.6 Å². The van der Waals surface area contributed by atoms with E-state index in [1.54, 1.807) is 18.2 Å². The first kappa shape index (κ1) is 37.2. The van der Waals surface area contributed by atoms with E-state index in [2.05, 4.69) is 39.5 Å². The lowest BCUT2D eigenvalue weighted by molar-refractivity contribution is -0.140. The van der Waals surface area contributed by atoms with Gasteiger partial charge in [0.25, 0.3) is 5.91 Å². The Morgan fingerprint density at radius 1 is 1.07 bits per heavy atom. The van der Waals surface area contributed by atoms with Crippen molar-refractivity contribution in [1.82, 2.24) is 24.6 Å². The largest absolute Gasteiger partial charge is 0.406 e. The molecule has 3 aromatic rings. The number of halogens is 4. The number of hydrogen-bond donors (Lipinski definition) is 2. The third kappa shape index (κ3) is 10.4. The molecule has 9 nitrogen and oxygen atoms in total. The van der Waals surface area contributed by atoms with Gasteiger partial charge in [-0.1, -0.05) is 51.3 Å². The average molecular weight is 667 g/mol. The summed E-state index contributed by atoms with van der Waals surface area (Å²) in [5, 5.41) is 11.1. The Bertz CT molecular complexity index is 1460. The summed E-state index contributed by atoms with van der Waals surface area (Å²) in [6.45, 7) is 10.8. The van der Waals surface area contributed by atoms with Crippen molar-refractivity contribution in [3.8, 4) is 11.8 Å². The van der Waals surface area contributed by atoms with Crippen LogP contribution in [0.3, 0.4) is 0 Å². The number of piperidine rings is 1. The molecule has 2 unspecified atom stereocenters. The summed E-state index contributed by atoms with van der Waals surface area (Å²) in [5.74, 6) is 5.44. The van der Waals surface area contributed by atoms with Gasteiger partial charge in [0.15, 0.2) is 5.15 Å². The zero-order chi connectivity index (χ0) is 33.7. The van der Waals surface area contributed by atoms with Crippen LogP contribution < -0.4 is 10.6 Å². The molecule has 1 aromatic carbocycles. The van der Waals surface area contributed by atoms with Gasteiger partial charge < -0.3 is 29.6 Å². The van der Waals surface area contributed by atoms with Gasteiger partial charge in [-0.3, -0.25) is 9.48 Å². The van der Waals surface area contributed by atoms with E-state index in [1.807, 2.05) is 33.8 Å². The molecule has 5 rings (SSSR count). The Kier molecular flexibility index (Phi) is 14.7. The average Bonchev–Trinajstić information content (AvgIpc) is 3.58. The first-order valence-electron chi connectivity index (χ1n) is 16.0. The Labute approximate surface area is 274 Å². The van der Waals surface area contributed by atoms with Gasteiger partial charge in [0, 0.05) is 36.5 Å². The molecule has 2 atom stereocenters. The number of nitrogens with one attached hydrogen (secondary N) is 2. The Hall–Kier alpha value is -3.24. The predicted octanol–water partition coefficient (Wildman–Crippen LogP) is 6.06. The number of carbonyl (C=O) groups excluding carboxylic acids is 1. The molecule has 0 spiro atoms. The molecule has 46 heavy (non-hydrogen) atoms. The van der Waals surface area contributed by atoms with E-state index in [4.69, 9.17) is 21.1 Å². The van der Waals surface area contributed by atoms with Crippen LogP contribution in [0.2, 0.25) is 5.15 Å². The summed E-state index contributed by atoms with van der Waals surface area (Å²) in [5.41, 5.74) is 1.59. The zero-order valence-corrected chi connectivity index (χ0v) is 28.1. The normalized spacial score (nSPS) is 20.1. The smallest absolute Gasteiger partial charge is 0.381 e. The molecule has 4 bridgehead atoms. The number of benzene rings is 1. The lowest BCUT2D eigenvalue weighted by Crippen LogP contribution is -2.45. The van der Waals surface area contributed by atoms with Gasteiger partial charge in [-0.05, 0) is 56.5 Å². The summed E-state index contributed by atoms with van der Waals surface area (Å²) in [6, 6.07) is 7.14. The first-order chi connectivity index (χ1) is 22.2. The minimum atomic E-state index is -4.44. The highest BCUT2D eigenvalue weighted by molar-refractivity contribution is 6.32. The van der Waals surface area contributed by atoms with Crippen LogP contribution in [0.1, 0.15) is 56.6 Å². The Morgan fingerprint density at radius 2 is 1.80 bits per heavy atom. The Morgan fingerprint density at radius 3 is 2.54 bits per heavy atom. The number of aromatic nitrogens is 3. The number of carbonyl (C=O) groups is 1. The maximum absolute atomic E-state index is 13.6. The highest BCUT2D eigenvalue weighted by atomic mass is 35.5. The van der Waals surface area contributed by atoms with Gasteiger partial charge in [-0.2, -0.15) is 18.3 Å². The second-order valence-electron chi connectivity index (χ2n) is 10.6. The van der Waals surface area contributed by atoms with Crippen molar-refractivity contribution in [3.63, 3.8) is 0 Å². The van der Waals surface area contributed by atoms with Crippen molar-refractivity contribution in [2.45, 2.75) is 65.8 Å². The molecule has 1 saturated heterocycles. The second kappa shape index (κ2) is 18.2. The maximum atomic E-state index is 13.6. The fourth-order valence-electron chi connectivity index (χ4n) is 5.49. The van der Waals surface area contributed by atoms with E-state index in [1.165, 1.54) is 15.4 Å². The summed E-state index contributed by atoms with van der Waals surface area (Å²) < 4.78 is 55.1. The third-order valence-electron chi connectivity index (χ3n) is 7.55. The minimum Gasteiger partial charge on any atom is -0.381 e.